The van der Waals surface area contributed by atoms with Gasteiger partial charge in [0, 0.05) is 18.2 Å². The van der Waals surface area contributed by atoms with Gasteiger partial charge in [-0.1, -0.05) is 44.2 Å². The molecule has 2 N–H and O–H groups in total. The van der Waals surface area contributed by atoms with Crippen LogP contribution in [0.5, 0.6) is 5.75 Å². The molecule has 0 aliphatic rings. The summed E-state index contributed by atoms with van der Waals surface area (Å²) in [6.07, 6.45) is 1.90. The molecule has 3 heteroatoms. The maximum absolute atomic E-state index is 9.33. The minimum atomic E-state index is 0.128. The summed E-state index contributed by atoms with van der Waals surface area (Å²) in [6.45, 7) is 5.78. The number of hydrogen-bond acceptors (Lipinski definition) is 3. The van der Waals surface area contributed by atoms with Crippen molar-refractivity contribution in [2.45, 2.75) is 39.3 Å². The van der Waals surface area contributed by atoms with Crippen molar-refractivity contribution in [1.29, 1.82) is 0 Å². The van der Waals surface area contributed by atoms with E-state index in [0.717, 1.165) is 25.2 Å². The molecule has 0 aromatic heterocycles. The number of fused-ring (bicyclic) bond motifs is 1. The van der Waals surface area contributed by atoms with Crippen LogP contribution in [-0.2, 0) is 6.54 Å². The van der Waals surface area contributed by atoms with Crippen LogP contribution in [0.3, 0.4) is 0 Å². The molecule has 3 nitrogen and oxygen atoms in total. The summed E-state index contributed by atoms with van der Waals surface area (Å²) in [6, 6.07) is 12.6. The van der Waals surface area contributed by atoms with Crippen molar-refractivity contribution < 1.29 is 9.84 Å². The third-order valence-electron chi connectivity index (χ3n) is 3.74. The molecule has 2 aromatic carbocycles. The van der Waals surface area contributed by atoms with E-state index in [0.29, 0.717) is 6.54 Å². The number of ether oxygens (including phenoxy) is 1. The van der Waals surface area contributed by atoms with Gasteiger partial charge in [-0.25, -0.2) is 0 Å². The third kappa shape index (κ3) is 3.96. The average Bonchev–Trinajstić information content (AvgIpc) is 2.54. The van der Waals surface area contributed by atoms with Gasteiger partial charge >= 0.3 is 0 Å². The van der Waals surface area contributed by atoms with Crippen LogP contribution in [0.1, 0.15) is 32.3 Å². The summed E-state index contributed by atoms with van der Waals surface area (Å²) in [5.74, 6) is 0.941. The summed E-state index contributed by atoms with van der Waals surface area (Å²) in [5.41, 5.74) is 1.17. The normalized spacial score (nSPS) is 12.5. The van der Waals surface area contributed by atoms with E-state index in [4.69, 9.17) is 4.74 Å². The summed E-state index contributed by atoms with van der Waals surface area (Å²) in [5, 5.41) is 15.2. The largest absolute Gasteiger partial charge is 0.493 e. The molecule has 0 heterocycles. The molecule has 1 unspecified atom stereocenters. The molecular weight excluding hydrogens is 262 g/mol. The standard InChI is InChI=1S/C18H25NO2/c1-3-11-21-18-10-9-14-7-5-6-8-16(14)17(18)12-19-15(4-2)13-20/h5-10,15,19-20H,3-4,11-13H2,1-2H3. The van der Waals surface area contributed by atoms with E-state index >= 15 is 0 Å². The molecule has 0 spiro atoms. The SMILES string of the molecule is CCCOc1ccc2ccccc2c1CNC(CC)CO. The molecule has 21 heavy (non-hydrogen) atoms. The van der Waals surface area contributed by atoms with Crippen molar-refractivity contribution in [3.05, 3.63) is 42.0 Å². The van der Waals surface area contributed by atoms with Gasteiger partial charge in [0.1, 0.15) is 5.75 Å². The topological polar surface area (TPSA) is 41.5 Å². The van der Waals surface area contributed by atoms with Gasteiger partial charge in [-0.15, -0.1) is 0 Å². The van der Waals surface area contributed by atoms with Gasteiger partial charge in [0.2, 0.25) is 0 Å². The molecule has 0 aliphatic heterocycles. The lowest BCUT2D eigenvalue weighted by Crippen LogP contribution is -2.31. The number of nitrogens with one attached hydrogen (secondary N) is 1. The minimum Gasteiger partial charge on any atom is -0.493 e. The second-order valence-electron chi connectivity index (χ2n) is 5.28. The van der Waals surface area contributed by atoms with Crippen molar-refractivity contribution in [1.82, 2.24) is 5.32 Å². The predicted molar refractivity (Wildman–Crippen MR) is 87.7 cm³/mol. The molecule has 0 radical (unpaired) electrons. The first-order valence-electron chi connectivity index (χ1n) is 7.77. The smallest absolute Gasteiger partial charge is 0.124 e. The number of aliphatic hydroxyl groups excluding tert-OH is 1. The number of benzene rings is 2. The summed E-state index contributed by atoms with van der Waals surface area (Å²) in [4.78, 5) is 0. The zero-order valence-corrected chi connectivity index (χ0v) is 12.9. The molecule has 114 valence electrons. The van der Waals surface area contributed by atoms with E-state index < -0.39 is 0 Å². The average molecular weight is 287 g/mol. The second kappa shape index (κ2) is 8.01. The lowest BCUT2D eigenvalue weighted by atomic mass is 10.0. The van der Waals surface area contributed by atoms with Crippen LogP contribution in [0.2, 0.25) is 0 Å². The zero-order valence-electron chi connectivity index (χ0n) is 12.9. The molecule has 0 saturated carbocycles. The van der Waals surface area contributed by atoms with E-state index in [-0.39, 0.29) is 12.6 Å². The second-order valence-corrected chi connectivity index (χ2v) is 5.28. The van der Waals surface area contributed by atoms with Crippen LogP contribution in [-0.4, -0.2) is 24.4 Å². The molecule has 0 saturated heterocycles. The third-order valence-corrected chi connectivity index (χ3v) is 3.74. The van der Waals surface area contributed by atoms with Gasteiger partial charge in [0.15, 0.2) is 0 Å². The summed E-state index contributed by atoms with van der Waals surface area (Å²) in [7, 11) is 0. The first-order chi connectivity index (χ1) is 10.3. The highest BCUT2D eigenvalue weighted by atomic mass is 16.5. The Hall–Kier alpha value is -1.58. The Morgan fingerprint density at radius 2 is 1.95 bits per heavy atom. The first-order valence-corrected chi connectivity index (χ1v) is 7.77. The molecule has 2 aromatic rings. The Labute approximate surface area is 126 Å². The molecule has 0 amide bonds. The highest BCUT2D eigenvalue weighted by Crippen LogP contribution is 2.28. The van der Waals surface area contributed by atoms with E-state index in [2.05, 4.69) is 55.6 Å². The van der Waals surface area contributed by atoms with Gasteiger partial charge in [0.05, 0.1) is 13.2 Å². The van der Waals surface area contributed by atoms with E-state index in [1.807, 2.05) is 0 Å². The number of hydrogen-bond donors (Lipinski definition) is 2. The molecule has 0 bridgehead atoms. The van der Waals surface area contributed by atoms with Crippen LogP contribution < -0.4 is 10.1 Å². The Balaban J connectivity index is 2.31. The Morgan fingerprint density at radius 1 is 1.14 bits per heavy atom. The van der Waals surface area contributed by atoms with E-state index in [1.54, 1.807) is 0 Å². The molecule has 1 atom stereocenters. The van der Waals surface area contributed by atoms with Crippen LogP contribution in [0, 0.1) is 0 Å². The van der Waals surface area contributed by atoms with Crippen LogP contribution in [0.25, 0.3) is 10.8 Å². The zero-order chi connectivity index (χ0) is 15.1. The quantitative estimate of drug-likeness (QED) is 0.781. The Kier molecular flexibility index (Phi) is 6.03. The van der Waals surface area contributed by atoms with Crippen molar-refractivity contribution in [3.8, 4) is 5.75 Å². The highest BCUT2D eigenvalue weighted by Gasteiger charge is 2.11. The van der Waals surface area contributed by atoms with Crippen LogP contribution in [0.4, 0.5) is 0 Å². The van der Waals surface area contributed by atoms with Crippen molar-refractivity contribution in [3.63, 3.8) is 0 Å². The molecule has 0 aliphatic carbocycles. The van der Waals surface area contributed by atoms with Gasteiger partial charge in [-0.2, -0.15) is 0 Å². The Bertz CT molecular complexity index is 564. The maximum atomic E-state index is 9.33. The number of aliphatic hydroxyl groups is 1. The van der Waals surface area contributed by atoms with Crippen molar-refractivity contribution >= 4 is 10.8 Å². The van der Waals surface area contributed by atoms with E-state index in [9.17, 15) is 5.11 Å². The summed E-state index contributed by atoms with van der Waals surface area (Å²) < 4.78 is 5.89. The van der Waals surface area contributed by atoms with Gasteiger partial charge in [-0.05, 0) is 29.7 Å². The predicted octanol–water partition coefficient (Wildman–Crippen LogP) is 3.49. The fourth-order valence-electron chi connectivity index (χ4n) is 2.43. The van der Waals surface area contributed by atoms with Crippen molar-refractivity contribution in [2.24, 2.45) is 0 Å². The highest BCUT2D eigenvalue weighted by molar-refractivity contribution is 5.87. The minimum absolute atomic E-state index is 0.128. The molecular formula is C18H25NO2. The lowest BCUT2D eigenvalue weighted by Gasteiger charge is -2.18. The van der Waals surface area contributed by atoms with Crippen LogP contribution >= 0.6 is 0 Å². The molecule has 0 fully saturated rings. The maximum Gasteiger partial charge on any atom is 0.124 e. The summed E-state index contributed by atoms with van der Waals surface area (Å²) >= 11 is 0. The Morgan fingerprint density at radius 3 is 2.67 bits per heavy atom. The van der Waals surface area contributed by atoms with Crippen molar-refractivity contribution in [2.75, 3.05) is 13.2 Å². The lowest BCUT2D eigenvalue weighted by molar-refractivity contribution is 0.237. The van der Waals surface area contributed by atoms with E-state index in [1.165, 1.54) is 16.3 Å². The first kappa shape index (κ1) is 15.8. The fourth-order valence-corrected chi connectivity index (χ4v) is 2.43. The monoisotopic (exact) mass is 287 g/mol. The number of rotatable bonds is 8. The van der Waals surface area contributed by atoms with Gasteiger partial charge < -0.3 is 15.2 Å². The van der Waals surface area contributed by atoms with Gasteiger partial charge in [-0.3, -0.25) is 0 Å². The fraction of sp³-hybridized carbons (Fsp3) is 0.444. The molecule has 2 rings (SSSR count). The van der Waals surface area contributed by atoms with Crippen LogP contribution in [0.15, 0.2) is 36.4 Å². The van der Waals surface area contributed by atoms with Gasteiger partial charge in [0.25, 0.3) is 0 Å².